The molecule has 196 valence electrons. The molecule has 2 heterocycles. The average molecular weight is 595 g/mol. The quantitative estimate of drug-likeness (QED) is 0.362. The van der Waals surface area contributed by atoms with E-state index in [0.717, 1.165) is 37.8 Å². The molecule has 0 spiro atoms. The van der Waals surface area contributed by atoms with Crippen LogP contribution in [-0.4, -0.2) is 63.7 Å². The maximum absolute atomic E-state index is 13.6. The zero-order valence-corrected chi connectivity index (χ0v) is 23.6. The zero-order chi connectivity index (χ0) is 26.6. The molecule has 0 N–H and O–H groups in total. The van der Waals surface area contributed by atoms with Crippen LogP contribution in [-0.2, 0) is 9.59 Å². The Morgan fingerprint density at radius 3 is 2.32 bits per heavy atom. The highest BCUT2D eigenvalue weighted by atomic mass is 79.9. The number of fused-ring (bicyclic) bond motifs is 1. The lowest BCUT2D eigenvalue weighted by atomic mass is 10.2. The Hall–Kier alpha value is -3.43. The van der Waals surface area contributed by atoms with Crippen LogP contribution in [0.15, 0.2) is 81.0 Å². The van der Waals surface area contributed by atoms with Crippen molar-refractivity contribution in [3.8, 4) is 11.5 Å². The van der Waals surface area contributed by atoms with Gasteiger partial charge in [0.1, 0.15) is 18.0 Å². The van der Waals surface area contributed by atoms with E-state index >= 15 is 0 Å². The van der Waals surface area contributed by atoms with Gasteiger partial charge >= 0.3 is 0 Å². The first-order chi connectivity index (χ1) is 18.5. The minimum Gasteiger partial charge on any atom is -0.496 e. The fraction of sp³-hybridized carbons (Fsp3) is 0.241. The van der Waals surface area contributed by atoms with Crippen LogP contribution < -0.4 is 19.3 Å². The number of carbonyl (C=O) groups excluding carboxylic acids is 2. The van der Waals surface area contributed by atoms with Gasteiger partial charge in [0.2, 0.25) is 5.91 Å². The van der Waals surface area contributed by atoms with Gasteiger partial charge in [-0.2, -0.15) is 0 Å². The molecule has 0 aliphatic carbocycles. The predicted octanol–water partition coefficient (Wildman–Crippen LogP) is 5.29. The summed E-state index contributed by atoms with van der Waals surface area (Å²) in [5.74, 6) is 1.30. The topological polar surface area (TPSA) is 62.3 Å². The number of amides is 2. The maximum atomic E-state index is 13.6. The fourth-order valence-electron chi connectivity index (χ4n) is 4.67. The SMILES string of the molecule is COc1ccc(/C=C2/Sc3ccccc3N(CC(=O)N3CCN(c4ccccc4OC)CC3)C2=O)cc1Br. The lowest BCUT2D eigenvalue weighted by Crippen LogP contribution is -2.52. The molecule has 0 aromatic heterocycles. The summed E-state index contributed by atoms with van der Waals surface area (Å²) < 4.78 is 11.6. The van der Waals surface area contributed by atoms with Crippen molar-refractivity contribution in [2.24, 2.45) is 0 Å². The number of carbonyl (C=O) groups is 2. The van der Waals surface area contributed by atoms with E-state index in [0.29, 0.717) is 31.1 Å². The van der Waals surface area contributed by atoms with Crippen LogP contribution in [0.1, 0.15) is 5.56 Å². The summed E-state index contributed by atoms with van der Waals surface area (Å²) in [6.07, 6.45) is 1.86. The number of benzene rings is 3. The molecule has 2 amide bonds. The number of thioether (sulfide) groups is 1. The molecule has 7 nitrogen and oxygen atoms in total. The largest absolute Gasteiger partial charge is 0.496 e. The van der Waals surface area contributed by atoms with Gasteiger partial charge in [0.25, 0.3) is 5.91 Å². The van der Waals surface area contributed by atoms with E-state index in [-0.39, 0.29) is 18.4 Å². The van der Waals surface area contributed by atoms with Crippen LogP contribution in [0.5, 0.6) is 11.5 Å². The third-order valence-electron chi connectivity index (χ3n) is 6.66. The summed E-state index contributed by atoms with van der Waals surface area (Å²) in [6, 6.07) is 21.3. The van der Waals surface area contributed by atoms with Crippen molar-refractivity contribution in [1.29, 1.82) is 0 Å². The molecule has 38 heavy (non-hydrogen) atoms. The van der Waals surface area contributed by atoms with Crippen molar-refractivity contribution in [2.45, 2.75) is 4.90 Å². The zero-order valence-electron chi connectivity index (χ0n) is 21.2. The van der Waals surface area contributed by atoms with E-state index < -0.39 is 0 Å². The van der Waals surface area contributed by atoms with Gasteiger partial charge in [0, 0.05) is 31.1 Å². The Kier molecular flexibility index (Phi) is 7.95. The molecule has 2 aliphatic rings. The summed E-state index contributed by atoms with van der Waals surface area (Å²) in [4.78, 5) is 34.2. The standard InChI is InChI=1S/C29H28BrN3O4S/c1-36-24-12-11-20(17-21(24)30)18-27-29(35)33(23-8-4-6-10-26(23)38-27)19-28(34)32-15-13-31(14-16-32)22-7-3-5-9-25(22)37-2/h3-12,17-18H,13-16,19H2,1-2H3/b27-18+. The first kappa shape index (κ1) is 26.2. The lowest BCUT2D eigenvalue weighted by Gasteiger charge is -2.38. The minimum atomic E-state index is -0.179. The average Bonchev–Trinajstić information content (AvgIpc) is 2.95. The number of piperazine rings is 1. The Bertz CT molecular complexity index is 1390. The van der Waals surface area contributed by atoms with Crippen molar-refractivity contribution in [3.05, 3.63) is 81.7 Å². The molecule has 1 saturated heterocycles. The van der Waals surface area contributed by atoms with E-state index in [1.165, 1.54) is 11.8 Å². The van der Waals surface area contributed by atoms with Crippen LogP contribution in [0.2, 0.25) is 0 Å². The Morgan fingerprint density at radius 2 is 1.61 bits per heavy atom. The molecule has 9 heteroatoms. The van der Waals surface area contributed by atoms with Crippen molar-refractivity contribution in [1.82, 2.24) is 4.90 Å². The number of halogens is 1. The molecule has 3 aromatic carbocycles. The molecule has 3 aromatic rings. The van der Waals surface area contributed by atoms with E-state index in [1.807, 2.05) is 77.7 Å². The summed E-state index contributed by atoms with van der Waals surface area (Å²) >= 11 is 4.94. The third kappa shape index (κ3) is 5.39. The first-order valence-electron chi connectivity index (χ1n) is 12.3. The highest BCUT2D eigenvalue weighted by Crippen LogP contribution is 2.42. The van der Waals surface area contributed by atoms with Crippen molar-refractivity contribution < 1.29 is 19.1 Å². The molecular formula is C29H28BrN3O4S. The van der Waals surface area contributed by atoms with Crippen molar-refractivity contribution >= 4 is 57.0 Å². The normalized spacial score (nSPS) is 16.4. The Labute approximate surface area is 235 Å². The molecule has 0 radical (unpaired) electrons. The molecular weight excluding hydrogens is 566 g/mol. The third-order valence-corrected chi connectivity index (χ3v) is 8.35. The number of hydrogen-bond donors (Lipinski definition) is 0. The predicted molar refractivity (Wildman–Crippen MR) is 155 cm³/mol. The molecule has 0 bridgehead atoms. The van der Waals surface area contributed by atoms with Crippen LogP contribution in [0, 0.1) is 0 Å². The first-order valence-corrected chi connectivity index (χ1v) is 13.9. The number of methoxy groups -OCH3 is 2. The second-order valence-corrected chi connectivity index (χ2v) is 10.8. The summed E-state index contributed by atoms with van der Waals surface area (Å²) in [6.45, 7) is 2.55. The van der Waals surface area contributed by atoms with E-state index in [4.69, 9.17) is 9.47 Å². The van der Waals surface area contributed by atoms with Gasteiger partial charge in [-0.05, 0) is 64.0 Å². The van der Waals surface area contributed by atoms with Crippen molar-refractivity contribution in [2.75, 3.05) is 56.7 Å². The second kappa shape index (κ2) is 11.5. The van der Waals surface area contributed by atoms with Gasteiger partial charge in [-0.1, -0.05) is 42.1 Å². The van der Waals surface area contributed by atoms with Crippen LogP contribution in [0.4, 0.5) is 11.4 Å². The van der Waals surface area contributed by atoms with Gasteiger partial charge in [0.15, 0.2) is 0 Å². The highest BCUT2D eigenvalue weighted by Gasteiger charge is 2.32. The Morgan fingerprint density at radius 1 is 0.921 bits per heavy atom. The Balaban J connectivity index is 1.32. The van der Waals surface area contributed by atoms with Crippen LogP contribution in [0.25, 0.3) is 6.08 Å². The number of para-hydroxylation sites is 3. The second-order valence-electron chi connectivity index (χ2n) is 8.90. The number of rotatable bonds is 6. The number of anilines is 2. The molecule has 0 atom stereocenters. The summed E-state index contributed by atoms with van der Waals surface area (Å²) in [5.41, 5.74) is 2.66. The van der Waals surface area contributed by atoms with E-state index in [9.17, 15) is 9.59 Å². The summed E-state index contributed by atoms with van der Waals surface area (Å²) in [7, 11) is 3.28. The lowest BCUT2D eigenvalue weighted by molar-refractivity contribution is -0.131. The number of hydrogen-bond acceptors (Lipinski definition) is 6. The summed E-state index contributed by atoms with van der Waals surface area (Å²) in [5, 5.41) is 0. The molecule has 1 fully saturated rings. The number of nitrogens with zero attached hydrogens (tertiary/aromatic N) is 3. The molecule has 2 aliphatic heterocycles. The van der Waals surface area contributed by atoms with Gasteiger partial charge in [0.05, 0.1) is 35.0 Å². The fourth-order valence-corrected chi connectivity index (χ4v) is 6.28. The van der Waals surface area contributed by atoms with Gasteiger partial charge in [-0.25, -0.2) is 0 Å². The monoisotopic (exact) mass is 593 g/mol. The smallest absolute Gasteiger partial charge is 0.265 e. The molecule has 5 rings (SSSR count). The minimum absolute atomic E-state index is 0.00525. The van der Waals surface area contributed by atoms with E-state index in [2.05, 4.69) is 20.8 Å². The highest BCUT2D eigenvalue weighted by molar-refractivity contribution is 9.10. The van der Waals surface area contributed by atoms with Gasteiger partial charge in [-0.15, -0.1) is 0 Å². The van der Waals surface area contributed by atoms with Crippen LogP contribution in [0.3, 0.4) is 0 Å². The molecule has 0 unspecified atom stereocenters. The van der Waals surface area contributed by atoms with Crippen molar-refractivity contribution in [3.63, 3.8) is 0 Å². The van der Waals surface area contributed by atoms with Gasteiger partial charge < -0.3 is 19.3 Å². The maximum Gasteiger partial charge on any atom is 0.265 e. The van der Waals surface area contributed by atoms with Crippen LogP contribution >= 0.6 is 27.7 Å². The number of ether oxygens (including phenoxy) is 2. The van der Waals surface area contributed by atoms with Gasteiger partial charge in [-0.3, -0.25) is 14.5 Å². The molecule has 0 saturated carbocycles. The van der Waals surface area contributed by atoms with E-state index in [1.54, 1.807) is 19.1 Å².